The van der Waals surface area contributed by atoms with E-state index in [1.54, 1.807) is 37.5 Å². The molecule has 0 fully saturated rings. The number of hydrogen-bond donors (Lipinski definition) is 0. The number of esters is 1. The van der Waals surface area contributed by atoms with Crippen molar-refractivity contribution in [3.05, 3.63) is 76.9 Å². The first-order valence-corrected chi connectivity index (χ1v) is 12.4. The van der Waals surface area contributed by atoms with Crippen LogP contribution in [0, 0.1) is 12.3 Å². The number of aromatic nitrogens is 2. The second-order valence-corrected chi connectivity index (χ2v) is 9.52. The third-order valence-corrected chi connectivity index (χ3v) is 7.20. The minimum Gasteiger partial charge on any atom is -0.496 e. The molecule has 0 saturated carbocycles. The van der Waals surface area contributed by atoms with Gasteiger partial charge in [0, 0.05) is 29.1 Å². The molecule has 0 spiro atoms. The molecule has 37 heavy (non-hydrogen) atoms. The summed E-state index contributed by atoms with van der Waals surface area (Å²) in [7, 11) is 4.62. The molecule has 0 saturated heterocycles. The average molecular weight is 525 g/mol. The number of nitrogens with zero attached hydrogens (tertiary/aromatic N) is 2. The summed E-state index contributed by atoms with van der Waals surface area (Å²) in [5, 5.41) is 0.166. The largest absolute Gasteiger partial charge is 0.496 e. The summed E-state index contributed by atoms with van der Waals surface area (Å²) < 4.78 is 31.0. The number of carbonyl (C=O) groups is 1. The van der Waals surface area contributed by atoms with Crippen molar-refractivity contribution in [2.75, 3.05) is 27.9 Å². The molecule has 8 nitrogen and oxygen atoms in total. The van der Waals surface area contributed by atoms with Crippen LogP contribution in [-0.4, -0.2) is 48.6 Å². The Kier molecular flexibility index (Phi) is 8.14. The van der Waals surface area contributed by atoms with Crippen LogP contribution < -0.4 is 9.47 Å². The van der Waals surface area contributed by atoms with Crippen molar-refractivity contribution in [3.8, 4) is 11.5 Å². The molecule has 2 atom stereocenters. The first-order valence-electron chi connectivity index (χ1n) is 12.0. The molecule has 0 bridgehead atoms. The Labute approximate surface area is 222 Å². The maximum atomic E-state index is 13.1. The van der Waals surface area contributed by atoms with Crippen molar-refractivity contribution in [2.24, 2.45) is 5.41 Å². The maximum absolute atomic E-state index is 13.1. The van der Waals surface area contributed by atoms with Crippen molar-refractivity contribution in [3.63, 3.8) is 0 Å². The smallest absolute Gasteiger partial charge is 0.316 e. The van der Waals surface area contributed by atoms with Gasteiger partial charge in [-0.05, 0) is 50.0 Å². The average Bonchev–Trinajstić information content (AvgIpc) is 3.55. The fourth-order valence-corrected chi connectivity index (χ4v) is 5.27. The molecule has 4 rings (SSSR count). The summed E-state index contributed by atoms with van der Waals surface area (Å²) in [6, 6.07) is 10.0. The van der Waals surface area contributed by atoms with Gasteiger partial charge in [-0.15, -0.1) is 0 Å². The van der Waals surface area contributed by atoms with Crippen LogP contribution in [0.3, 0.4) is 0 Å². The van der Waals surface area contributed by atoms with Crippen LogP contribution in [0.1, 0.15) is 40.8 Å². The predicted molar refractivity (Wildman–Crippen MR) is 142 cm³/mol. The zero-order valence-electron chi connectivity index (χ0n) is 21.8. The third-order valence-electron chi connectivity index (χ3n) is 6.90. The van der Waals surface area contributed by atoms with Crippen LogP contribution in [0.15, 0.2) is 49.1 Å². The van der Waals surface area contributed by atoms with E-state index >= 15 is 0 Å². The lowest BCUT2D eigenvalue weighted by atomic mass is 9.84. The van der Waals surface area contributed by atoms with Gasteiger partial charge in [-0.25, -0.2) is 4.98 Å². The molecule has 0 aliphatic heterocycles. The van der Waals surface area contributed by atoms with E-state index in [2.05, 4.69) is 4.98 Å². The number of imidazole rings is 1. The number of fused-ring (bicyclic) bond motifs is 1. The molecule has 0 N–H and O–H groups in total. The number of methoxy groups -OCH3 is 3. The molecule has 0 amide bonds. The Morgan fingerprint density at radius 2 is 1.89 bits per heavy atom. The predicted octanol–water partition coefficient (Wildman–Crippen LogP) is 4.59. The lowest BCUT2D eigenvalue weighted by Crippen LogP contribution is -2.36. The van der Waals surface area contributed by atoms with Gasteiger partial charge in [0.25, 0.3) is 5.17 Å². The fraction of sp³-hybridized carbons (Fsp3) is 0.393. The van der Waals surface area contributed by atoms with Gasteiger partial charge in [-0.1, -0.05) is 30.3 Å². The summed E-state index contributed by atoms with van der Waals surface area (Å²) in [6.07, 6.45) is 5.01. The van der Waals surface area contributed by atoms with E-state index in [9.17, 15) is 4.79 Å². The van der Waals surface area contributed by atoms with Crippen LogP contribution in [0.2, 0.25) is 0 Å². The summed E-state index contributed by atoms with van der Waals surface area (Å²) in [6.45, 7) is 4.79. The molecule has 1 aliphatic rings. The maximum Gasteiger partial charge on any atom is 0.316 e. The van der Waals surface area contributed by atoms with Crippen molar-refractivity contribution in [1.82, 2.24) is 9.55 Å². The topological polar surface area (TPSA) is 81.0 Å². The van der Waals surface area contributed by atoms with Crippen molar-refractivity contribution >= 4 is 23.4 Å². The van der Waals surface area contributed by atoms with Gasteiger partial charge in [-0.3, -0.25) is 9.36 Å². The highest BCUT2D eigenvalue weighted by Crippen LogP contribution is 2.56. The Hall–Kier alpha value is -3.43. The van der Waals surface area contributed by atoms with Gasteiger partial charge in [-0.2, -0.15) is 0 Å². The first kappa shape index (κ1) is 26.6. The molecule has 1 heterocycles. The van der Waals surface area contributed by atoms with Crippen molar-refractivity contribution < 1.29 is 28.5 Å². The highest BCUT2D eigenvalue weighted by molar-refractivity contribution is 7.80. The van der Waals surface area contributed by atoms with Crippen LogP contribution in [0.25, 0.3) is 0 Å². The van der Waals surface area contributed by atoms with Gasteiger partial charge in [0.15, 0.2) is 0 Å². The highest BCUT2D eigenvalue weighted by Gasteiger charge is 2.54. The highest BCUT2D eigenvalue weighted by atomic mass is 32.1. The van der Waals surface area contributed by atoms with E-state index in [0.717, 1.165) is 27.8 Å². The normalized spacial score (nSPS) is 18.2. The fourth-order valence-electron chi connectivity index (χ4n) is 5.07. The Bertz CT molecular complexity index is 1260. The molecule has 9 heteroatoms. The summed E-state index contributed by atoms with van der Waals surface area (Å²) in [4.78, 5) is 17.2. The molecule has 196 valence electrons. The molecule has 2 aromatic carbocycles. The second kappa shape index (κ2) is 11.3. The molecule has 1 aromatic heterocycles. The Balaban J connectivity index is 1.73. The number of ether oxygens (including phenoxy) is 5. The van der Waals surface area contributed by atoms with Gasteiger partial charge in [0.05, 0.1) is 34.5 Å². The number of rotatable bonds is 9. The van der Waals surface area contributed by atoms with Gasteiger partial charge in [0.2, 0.25) is 0 Å². The summed E-state index contributed by atoms with van der Waals surface area (Å²) in [5.41, 5.74) is 3.49. The quantitative estimate of drug-likeness (QED) is 0.228. The van der Waals surface area contributed by atoms with E-state index in [-0.39, 0.29) is 5.17 Å². The van der Waals surface area contributed by atoms with Crippen LogP contribution >= 0.6 is 12.2 Å². The molecule has 0 radical (unpaired) electrons. The number of carbonyl (C=O) groups excluding carboxylic acids is 1. The van der Waals surface area contributed by atoms with Crippen LogP contribution in [-0.2, 0) is 38.5 Å². The monoisotopic (exact) mass is 524 g/mol. The summed E-state index contributed by atoms with van der Waals surface area (Å²) in [5.74, 6) is 0.933. The van der Waals surface area contributed by atoms with Crippen molar-refractivity contribution in [2.45, 2.75) is 39.4 Å². The van der Waals surface area contributed by atoms with Gasteiger partial charge >= 0.3 is 5.97 Å². The second-order valence-electron chi connectivity index (χ2n) is 9.17. The number of hydrogen-bond acceptors (Lipinski definition) is 8. The molecule has 0 unspecified atom stereocenters. The molecular weight excluding hydrogens is 492 g/mol. The standard InChI is InChI=1S/C28H32N2O6S/c1-18-20(11-14-35-16-19-9-7-6-8-10-19)24(33-4)22-21(23(18)32-3)15-28(2,26(31)34-5)25(22)36-27(37)30-13-12-29-17-30/h6-10,12-13,17,25H,11,14-16H2,1-5H3/t25-,28+/m1/s1. The zero-order chi connectivity index (χ0) is 26.6. The number of thiocarbonyl (C=S) groups is 1. The Morgan fingerprint density at radius 1 is 1.16 bits per heavy atom. The molecular formula is C28H32N2O6S. The van der Waals surface area contributed by atoms with Crippen LogP contribution in [0.5, 0.6) is 11.5 Å². The van der Waals surface area contributed by atoms with E-state index in [1.165, 1.54) is 7.11 Å². The Morgan fingerprint density at radius 3 is 2.51 bits per heavy atom. The molecule has 3 aromatic rings. The van der Waals surface area contributed by atoms with Crippen LogP contribution in [0.4, 0.5) is 0 Å². The van der Waals surface area contributed by atoms with E-state index in [1.807, 2.05) is 44.2 Å². The van der Waals surface area contributed by atoms with E-state index in [4.69, 9.17) is 35.9 Å². The number of benzene rings is 2. The SMILES string of the molecule is COC(=O)[C@@]1(C)Cc2c(OC)c(C)c(CCOCc3ccccc3)c(OC)c2[C@H]1OC(=S)n1ccnc1. The summed E-state index contributed by atoms with van der Waals surface area (Å²) >= 11 is 5.55. The zero-order valence-corrected chi connectivity index (χ0v) is 22.6. The van der Waals surface area contributed by atoms with E-state index in [0.29, 0.717) is 37.6 Å². The lowest BCUT2D eigenvalue weighted by Gasteiger charge is -2.30. The van der Waals surface area contributed by atoms with Gasteiger partial charge < -0.3 is 23.7 Å². The van der Waals surface area contributed by atoms with Crippen molar-refractivity contribution in [1.29, 1.82) is 0 Å². The van der Waals surface area contributed by atoms with E-state index < -0.39 is 17.5 Å². The molecule has 1 aliphatic carbocycles. The minimum atomic E-state index is -1.06. The lowest BCUT2D eigenvalue weighted by molar-refractivity contribution is -0.157. The minimum absolute atomic E-state index is 0.166. The third kappa shape index (κ3) is 5.06. The first-order chi connectivity index (χ1) is 17.8. The van der Waals surface area contributed by atoms with Gasteiger partial charge in [0.1, 0.15) is 29.3 Å².